The maximum atomic E-state index is 5.61. The first-order valence-corrected chi connectivity index (χ1v) is 9.16. The molecule has 0 aliphatic heterocycles. The second-order valence-electron chi connectivity index (χ2n) is 6.13. The lowest BCUT2D eigenvalue weighted by molar-refractivity contribution is 0.418. The van der Waals surface area contributed by atoms with Crippen molar-refractivity contribution in [2.24, 2.45) is 0 Å². The zero-order valence-electron chi connectivity index (χ0n) is 14.5. The van der Waals surface area contributed by atoms with E-state index in [1.165, 1.54) is 16.7 Å². The van der Waals surface area contributed by atoms with Gasteiger partial charge in [-0.1, -0.05) is 53.7 Å². The van der Waals surface area contributed by atoms with Gasteiger partial charge in [-0.3, -0.25) is 4.40 Å². The number of aromatic nitrogens is 3. The summed E-state index contributed by atoms with van der Waals surface area (Å²) in [4.78, 5) is 0. The number of fused-ring (bicyclic) bond motifs is 3. The highest BCUT2D eigenvalue weighted by Crippen LogP contribution is 2.32. The molecular weight excluding hydrogens is 330 g/mol. The van der Waals surface area contributed by atoms with E-state index in [0.717, 1.165) is 33.2 Å². The quantitative estimate of drug-likeness (QED) is 0.496. The Hall–Kier alpha value is -2.53. The SMILES string of the molecule is COc1cccc2c(C)cc3nnc(SCc4ccc(C)cc4)n3c12. The van der Waals surface area contributed by atoms with Gasteiger partial charge in [-0.15, -0.1) is 10.2 Å². The minimum absolute atomic E-state index is 0.836. The molecule has 0 aliphatic carbocycles. The molecule has 0 saturated heterocycles. The van der Waals surface area contributed by atoms with E-state index in [-0.39, 0.29) is 0 Å². The fraction of sp³-hybridized carbons (Fsp3) is 0.200. The van der Waals surface area contributed by atoms with Crippen molar-refractivity contribution in [2.75, 3.05) is 7.11 Å². The number of hydrogen-bond donors (Lipinski definition) is 0. The number of hydrogen-bond acceptors (Lipinski definition) is 4. The first-order chi connectivity index (χ1) is 12.2. The molecule has 0 aliphatic rings. The van der Waals surface area contributed by atoms with Gasteiger partial charge in [0.25, 0.3) is 0 Å². The number of rotatable bonds is 4. The number of methoxy groups -OCH3 is 1. The van der Waals surface area contributed by atoms with Crippen molar-refractivity contribution in [1.29, 1.82) is 0 Å². The number of pyridine rings is 1. The lowest BCUT2D eigenvalue weighted by atomic mass is 10.1. The number of ether oxygens (including phenoxy) is 1. The lowest BCUT2D eigenvalue weighted by Gasteiger charge is -2.11. The summed E-state index contributed by atoms with van der Waals surface area (Å²) in [6.45, 7) is 4.19. The molecule has 0 unspecified atom stereocenters. The van der Waals surface area contributed by atoms with Crippen LogP contribution in [0.15, 0.2) is 53.7 Å². The van der Waals surface area contributed by atoms with Crippen LogP contribution in [0.1, 0.15) is 16.7 Å². The van der Waals surface area contributed by atoms with E-state index in [1.807, 2.05) is 12.1 Å². The summed E-state index contributed by atoms with van der Waals surface area (Å²) in [6, 6.07) is 16.8. The molecule has 2 aromatic heterocycles. The Bertz CT molecular complexity index is 1050. The molecule has 0 fully saturated rings. The second kappa shape index (κ2) is 6.41. The molecule has 0 spiro atoms. The van der Waals surface area contributed by atoms with E-state index < -0.39 is 0 Å². The minimum Gasteiger partial charge on any atom is -0.495 e. The summed E-state index contributed by atoms with van der Waals surface area (Å²) in [7, 11) is 1.70. The Morgan fingerprint density at radius 1 is 1.04 bits per heavy atom. The highest BCUT2D eigenvalue weighted by atomic mass is 32.2. The molecular formula is C20H19N3OS. The Kier molecular flexibility index (Phi) is 4.09. The van der Waals surface area contributed by atoms with E-state index in [0.29, 0.717) is 0 Å². The molecule has 0 atom stereocenters. The van der Waals surface area contributed by atoms with Crippen molar-refractivity contribution in [1.82, 2.24) is 14.6 Å². The predicted molar refractivity (Wildman–Crippen MR) is 103 cm³/mol. The minimum atomic E-state index is 0.836. The number of para-hydroxylation sites is 1. The highest BCUT2D eigenvalue weighted by Gasteiger charge is 2.14. The molecule has 0 saturated carbocycles. The molecule has 4 aromatic rings. The van der Waals surface area contributed by atoms with Gasteiger partial charge in [0.2, 0.25) is 0 Å². The summed E-state index contributed by atoms with van der Waals surface area (Å²) in [6.07, 6.45) is 0. The number of aryl methyl sites for hydroxylation is 2. The molecule has 0 amide bonds. The zero-order chi connectivity index (χ0) is 17.4. The van der Waals surface area contributed by atoms with E-state index in [9.17, 15) is 0 Å². The molecule has 4 nitrogen and oxygen atoms in total. The van der Waals surface area contributed by atoms with E-state index >= 15 is 0 Å². The van der Waals surface area contributed by atoms with Crippen molar-refractivity contribution in [3.05, 3.63) is 65.2 Å². The lowest BCUT2D eigenvalue weighted by Crippen LogP contribution is -1.96. The van der Waals surface area contributed by atoms with Crippen molar-refractivity contribution in [3.8, 4) is 5.75 Å². The molecule has 25 heavy (non-hydrogen) atoms. The molecule has 0 bridgehead atoms. The fourth-order valence-corrected chi connectivity index (χ4v) is 3.92. The van der Waals surface area contributed by atoms with Crippen LogP contribution in [0.2, 0.25) is 0 Å². The highest BCUT2D eigenvalue weighted by molar-refractivity contribution is 7.98. The number of benzene rings is 2. The van der Waals surface area contributed by atoms with Gasteiger partial charge in [0, 0.05) is 11.1 Å². The maximum Gasteiger partial charge on any atom is 0.196 e. The standard InChI is InChI=1S/C20H19N3OS/c1-13-7-9-15(10-8-13)12-25-20-22-21-18-11-14(2)16-5-4-6-17(24-3)19(16)23(18)20/h4-11H,12H2,1-3H3. The summed E-state index contributed by atoms with van der Waals surface area (Å²) >= 11 is 1.69. The molecule has 0 radical (unpaired) electrons. The Labute approximate surface area is 150 Å². The Balaban J connectivity index is 1.82. The number of nitrogens with zero attached hydrogens (tertiary/aromatic N) is 3. The van der Waals surface area contributed by atoms with Crippen LogP contribution in [0.3, 0.4) is 0 Å². The van der Waals surface area contributed by atoms with Gasteiger partial charge >= 0.3 is 0 Å². The predicted octanol–water partition coefficient (Wildman–Crippen LogP) is 4.80. The van der Waals surface area contributed by atoms with Gasteiger partial charge < -0.3 is 4.74 Å². The van der Waals surface area contributed by atoms with Gasteiger partial charge in [-0.2, -0.15) is 0 Å². The summed E-state index contributed by atoms with van der Waals surface area (Å²) < 4.78 is 7.70. The van der Waals surface area contributed by atoms with Crippen LogP contribution in [0.25, 0.3) is 16.6 Å². The fourth-order valence-electron chi connectivity index (χ4n) is 3.02. The zero-order valence-corrected chi connectivity index (χ0v) is 15.3. The molecule has 5 heteroatoms. The van der Waals surface area contributed by atoms with Crippen molar-refractivity contribution in [3.63, 3.8) is 0 Å². The van der Waals surface area contributed by atoms with Crippen LogP contribution < -0.4 is 4.74 Å². The van der Waals surface area contributed by atoms with Crippen LogP contribution in [0.5, 0.6) is 5.75 Å². The van der Waals surface area contributed by atoms with Crippen LogP contribution in [-0.4, -0.2) is 21.7 Å². The van der Waals surface area contributed by atoms with E-state index in [4.69, 9.17) is 4.74 Å². The smallest absolute Gasteiger partial charge is 0.196 e. The topological polar surface area (TPSA) is 39.4 Å². The first-order valence-electron chi connectivity index (χ1n) is 8.17. The second-order valence-corrected chi connectivity index (χ2v) is 7.08. The average Bonchev–Trinajstić information content (AvgIpc) is 3.03. The van der Waals surface area contributed by atoms with Crippen molar-refractivity contribution >= 4 is 28.3 Å². The van der Waals surface area contributed by atoms with Crippen LogP contribution in [-0.2, 0) is 5.75 Å². The van der Waals surface area contributed by atoms with Crippen LogP contribution in [0, 0.1) is 13.8 Å². The van der Waals surface area contributed by atoms with Gasteiger partial charge in [-0.05, 0) is 37.1 Å². The monoisotopic (exact) mass is 349 g/mol. The largest absolute Gasteiger partial charge is 0.495 e. The van der Waals surface area contributed by atoms with Crippen molar-refractivity contribution in [2.45, 2.75) is 24.8 Å². The number of thioether (sulfide) groups is 1. The third-order valence-electron chi connectivity index (χ3n) is 4.36. The van der Waals surface area contributed by atoms with Gasteiger partial charge in [0.1, 0.15) is 5.75 Å². The Morgan fingerprint density at radius 2 is 1.84 bits per heavy atom. The third-order valence-corrected chi connectivity index (χ3v) is 5.36. The summed E-state index contributed by atoms with van der Waals surface area (Å²) in [5.41, 5.74) is 5.59. The van der Waals surface area contributed by atoms with Gasteiger partial charge in [-0.25, -0.2) is 0 Å². The summed E-state index contributed by atoms with van der Waals surface area (Å²) in [5.74, 6) is 1.69. The van der Waals surface area contributed by atoms with Crippen molar-refractivity contribution < 1.29 is 4.74 Å². The van der Waals surface area contributed by atoms with Gasteiger partial charge in [0.05, 0.1) is 12.6 Å². The van der Waals surface area contributed by atoms with Crippen LogP contribution >= 0.6 is 11.8 Å². The normalized spacial score (nSPS) is 11.3. The summed E-state index contributed by atoms with van der Waals surface area (Å²) in [5, 5.41) is 10.8. The Morgan fingerprint density at radius 3 is 2.60 bits per heavy atom. The molecule has 2 heterocycles. The molecule has 2 aromatic carbocycles. The average molecular weight is 349 g/mol. The van der Waals surface area contributed by atoms with Crippen LogP contribution in [0.4, 0.5) is 0 Å². The van der Waals surface area contributed by atoms with E-state index in [1.54, 1.807) is 18.9 Å². The van der Waals surface area contributed by atoms with E-state index in [2.05, 4.69) is 64.8 Å². The maximum absolute atomic E-state index is 5.61. The first kappa shape index (κ1) is 16.0. The molecule has 0 N–H and O–H groups in total. The molecule has 4 rings (SSSR count). The molecule has 126 valence electrons. The third kappa shape index (κ3) is 2.85. The van der Waals surface area contributed by atoms with Gasteiger partial charge in [0.15, 0.2) is 10.8 Å².